The molecular formula is C9H15N3OS2. The van der Waals surface area contributed by atoms with Crippen LogP contribution in [0, 0.1) is 6.92 Å². The number of rotatable bonds is 5. The Morgan fingerprint density at radius 2 is 2.47 bits per heavy atom. The average molecular weight is 245 g/mol. The van der Waals surface area contributed by atoms with Gasteiger partial charge in [-0.25, -0.2) is 0 Å². The van der Waals surface area contributed by atoms with E-state index in [2.05, 4.69) is 15.8 Å². The van der Waals surface area contributed by atoms with Crippen molar-refractivity contribution in [1.29, 1.82) is 0 Å². The van der Waals surface area contributed by atoms with Crippen LogP contribution in [0.4, 0.5) is 0 Å². The molecule has 6 heteroatoms. The van der Waals surface area contributed by atoms with E-state index in [1.165, 1.54) is 0 Å². The van der Waals surface area contributed by atoms with Crippen molar-refractivity contribution < 1.29 is 4.52 Å². The van der Waals surface area contributed by atoms with Crippen LogP contribution in [-0.2, 0) is 5.75 Å². The minimum absolute atomic E-state index is 0.688. The van der Waals surface area contributed by atoms with Gasteiger partial charge < -0.3 is 15.2 Å². The first-order valence-corrected chi connectivity index (χ1v) is 6.24. The molecule has 0 spiro atoms. The van der Waals surface area contributed by atoms with Gasteiger partial charge >= 0.3 is 0 Å². The first-order chi connectivity index (χ1) is 7.22. The van der Waals surface area contributed by atoms with Crippen LogP contribution in [0.1, 0.15) is 11.5 Å². The fourth-order valence-electron chi connectivity index (χ4n) is 0.988. The molecule has 0 aliphatic rings. The highest BCUT2D eigenvalue weighted by Gasteiger charge is 1.99. The highest BCUT2D eigenvalue weighted by molar-refractivity contribution is 7.98. The summed E-state index contributed by atoms with van der Waals surface area (Å²) in [5.41, 5.74) is 0.994. The predicted octanol–water partition coefficient (Wildman–Crippen LogP) is 1.31. The van der Waals surface area contributed by atoms with E-state index < -0.39 is 0 Å². The van der Waals surface area contributed by atoms with Crippen molar-refractivity contribution in [2.75, 3.05) is 19.3 Å². The third-order valence-electron chi connectivity index (χ3n) is 1.69. The highest BCUT2D eigenvalue weighted by Crippen LogP contribution is 2.11. The van der Waals surface area contributed by atoms with Gasteiger partial charge in [-0.3, -0.25) is 0 Å². The van der Waals surface area contributed by atoms with E-state index in [9.17, 15) is 0 Å². The average Bonchev–Trinajstić information content (AvgIpc) is 2.63. The third kappa shape index (κ3) is 5.03. The number of hydrogen-bond donors (Lipinski definition) is 2. The molecule has 0 radical (unpaired) electrons. The van der Waals surface area contributed by atoms with Gasteiger partial charge in [0.15, 0.2) is 5.11 Å². The Morgan fingerprint density at radius 3 is 3.07 bits per heavy atom. The van der Waals surface area contributed by atoms with Crippen LogP contribution < -0.4 is 10.6 Å². The summed E-state index contributed by atoms with van der Waals surface area (Å²) in [5.74, 6) is 2.74. The molecule has 1 heterocycles. The highest BCUT2D eigenvalue weighted by atomic mass is 32.2. The number of thioether (sulfide) groups is 1. The van der Waals surface area contributed by atoms with E-state index in [0.717, 1.165) is 29.5 Å². The number of aromatic nitrogens is 1. The normalized spacial score (nSPS) is 10.0. The summed E-state index contributed by atoms with van der Waals surface area (Å²) >= 11 is 6.74. The Balaban J connectivity index is 2.05. The lowest BCUT2D eigenvalue weighted by atomic mass is 10.4. The molecule has 0 aliphatic heterocycles. The van der Waals surface area contributed by atoms with Crippen molar-refractivity contribution in [3.63, 3.8) is 0 Å². The maximum Gasteiger partial charge on any atom is 0.166 e. The minimum Gasteiger partial charge on any atom is -0.366 e. The van der Waals surface area contributed by atoms with Crippen molar-refractivity contribution in [3.8, 4) is 0 Å². The second-order valence-corrected chi connectivity index (χ2v) is 4.50. The lowest BCUT2D eigenvalue weighted by Gasteiger charge is -2.05. The summed E-state index contributed by atoms with van der Waals surface area (Å²) in [6, 6.07) is 1.96. The zero-order chi connectivity index (χ0) is 11.1. The van der Waals surface area contributed by atoms with Crippen LogP contribution in [-0.4, -0.2) is 29.6 Å². The van der Waals surface area contributed by atoms with Crippen LogP contribution in [0.15, 0.2) is 10.6 Å². The van der Waals surface area contributed by atoms with Gasteiger partial charge in [-0.05, 0) is 19.1 Å². The minimum atomic E-state index is 0.688. The zero-order valence-corrected chi connectivity index (χ0v) is 10.5. The molecule has 84 valence electrons. The monoisotopic (exact) mass is 245 g/mol. The maximum atomic E-state index is 4.97. The molecular weight excluding hydrogens is 230 g/mol. The summed E-state index contributed by atoms with van der Waals surface area (Å²) in [6.45, 7) is 2.76. The van der Waals surface area contributed by atoms with Crippen molar-refractivity contribution in [3.05, 3.63) is 17.5 Å². The number of aryl methyl sites for hydroxylation is 1. The van der Waals surface area contributed by atoms with E-state index in [4.69, 9.17) is 16.7 Å². The lowest BCUT2D eigenvalue weighted by molar-refractivity contribution is 0.393. The summed E-state index contributed by atoms with van der Waals surface area (Å²) in [5, 5.41) is 10.5. The SMILES string of the molecule is CNC(=S)NCCSCc1cc(C)on1. The van der Waals surface area contributed by atoms with E-state index in [0.29, 0.717) is 5.11 Å². The molecule has 1 aromatic rings. The molecule has 2 N–H and O–H groups in total. The summed E-state index contributed by atoms with van der Waals surface area (Å²) in [6.07, 6.45) is 0. The molecule has 0 aromatic carbocycles. The molecule has 0 fully saturated rings. The Kier molecular flexibility index (Phi) is 5.49. The molecule has 0 bridgehead atoms. The van der Waals surface area contributed by atoms with Crippen LogP contribution in [0.5, 0.6) is 0 Å². The van der Waals surface area contributed by atoms with E-state index in [1.807, 2.05) is 13.0 Å². The topological polar surface area (TPSA) is 50.1 Å². The third-order valence-corrected chi connectivity index (χ3v) is 3.03. The number of nitrogens with zero attached hydrogens (tertiary/aromatic N) is 1. The first kappa shape index (κ1) is 12.3. The van der Waals surface area contributed by atoms with E-state index in [-0.39, 0.29) is 0 Å². The van der Waals surface area contributed by atoms with Gasteiger partial charge in [0.25, 0.3) is 0 Å². The van der Waals surface area contributed by atoms with Gasteiger partial charge in [-0.1, -0.05) is 5.16 Å². The Labute approximate surface area is 99.2 Å². The van der Waals surface area contributed by atoms with Gasteiger partial charge in [-0.15, -0.1) is 0 Å². The van der Waals surface area contributed by atoms with Gasteiger partial charge in [0.2, 0.25) is 0 Å². The van der Waals surface area contributed by atoms with Crippen molar-refractivity contribution >= 4 is 29.1 Å². The molecule has 0 amide bonds. The molecule has 1 rings (SSSR count). The molecule has 4 nitrogen and oxygen atoms in total. The smallest absolute Gasteiger partial charge is 0.166 e. The second kappa shape index (κ2) is 6.68. The lowest BCUT2D eigenvalue weighted by Crippen LogP contribution is -2.33. The fraction of sp³-hybridized carbons (Fsp3) is 0.556. The summed E-state index contributed by atoms with van der Waals surface area (Å²) in [4.78, 5) is 0. The van der Waals surface area contributed by atoms with Crippen LogP contribution in [0.3, 0.4) is 0 Å². The molecule has 0 saturated heterocycles. The van der Waals surface area contributed by atoms with E-state index >= 15 is 0 Å². The Morgan fingerprint density at radius 1 is 1.67 bits per heavy atom. The maximum absolute atomic E-state index is 4.97. The molecule has 0 unspecified atom stereocenters. The van der Waals surface area contributed by atoms with Crippen LogP contribution in [0.25, 0.3) is 0 Å². The van der Waals surface area contributed by atoms with Crippen molar-refractivity contribution in [2.24, 2.45) is 0 Å². The predicted molar refractivity (Wildman–Crippen MR) is 67.1 cm³/mol. The van der Waals surface area contributed by atoms with Crippen molar-refractivity contribution in [1.82, 2.24) is 15.8 Å². The fourth-order valence-corrected chi connectivity index (χ4v) is 1.83. The quantitative estimate of drug-likeness (QED) is 0.602. The Bertz CT molecular complexity index is 314. The molecule has 0 saturated carbocycles. The largest absolute Gasteiger partial charge is 0.366 e. The first-order valence-electron chi connectivity index (χ1n) is 4.68. The Hall–Kier alpha value is -0.750. The number of hydrogen-bond acceptors (Lipinski definition) is 4. The molecule has 15 heavy (non-hydrogen) atoms. The van der Waals surface area contributed by atoms with E-state index in [1.54, 1.807) is 18.8 Å². The second-order valence-electron chi connectivity index (χ2n) is 2.99. The summed E-state index contributed by atoms with van der Waals surface area (Å²) < 4.78 is 4.97. The molecule has 0 atom stereocenters. The van der Waals surface area contributed by atoms with Crippen LogP contribution in [0.2, 0.25) is 0 Å². The zero-order valence-electron chi connectivity index (χ0n) is 8.87. The van der Waals surface area contributed by atoms with Crippen LogP contribution >= 0.6 is 24.0 Å². The van der Waals surface area contributed by atoms with Gasteiger partial charge in [0, 0.05) is 31.2 Å². The molecule has 1 aromatic heterocycles. The van der Waals surface area contributed by atoms with Gasteiger partial charge in [0.1, 0.15) is 5.76 Å². The van der Waals surface area contributed by atoms with Gasteiger partial charge in [0.05, 0.1) is 5.69 Å². The number of thiocarbonyl (C=S) groups is 1. The van der Waals surface area contributed by atoms with Gasteiger partial charge in [-0.2, -0.15) is 11.8 Å². The van der Waals surface area contributed by atoms with Crippen molar-refractivity contribution in [2.45, 2.75) is 12.7 Å². The summed E-state index contributed by atoms with van der Waals surface area (Å²) in [7, 11) is 1.81. The molecule has 0 aliphatic carbocycles. The number of nitrogens with one attached hydrogen (secondary N) is 2. The standard InChI is InChI=1S/C9H15N3OS2/c1-7-5-8(12-13-7)6-15-4-3-11-9(14)10-2/h5H,3-4,6H2,1-2H3,(H2,10,11,14).